The Balaban J connectivity index is 3.45. The molecule has 0 saturated carbocycles. The number of aryl methyl sites for hydroxylation is 1. The van der Waals surface area contributed by atoms with E-state index in [0.29, 0.717) is 6.29 Å². The number of aromatic nitrogens is 3. The molecule has 0 aliphatic heterocycles. The predicted molar refractivity (Wildman–Crippen MR) is 33.8 cm³/mol. The molecule has 1 heterocycles. The first kappa shape index (κ1) is 6.73. The Morgan fingerprint density at radius 2 is 2.10 bits per heavy atom. The van der Waals surface area contributed by atoms with E-state index in [0.717, 1.165) is 4.68 Å². The van der Waals surface area contributed by atoms with Crippen LogP contribution in [0.25, 0.3) is 0 Å². The van der Waals surface area contributed by atoms with Crippen molar-refractivity contribution in [3.8, 4) is 0 Å². The lowest BCUT2D eigenvalue weighted by Crippen LogP contribution is -2.20. The van der Waals surface area contributed by atoms with Gasteiger partial charge in [-0.15, -0.1) is 5.10 Å². The van der Waals surface area contributed by atoms with E-state index in [-0.39, 0.29) is 11.5 Å². The van der Waals surface area contributed by atoms with Gasteiger partial charge in [0, 0.05) is 14.1 Å². The van der Waals surface area contributed by atoms with Gasteiger partial charge in [0.25, 0.3) is 0 Å². The molecule has 0 atom stereocenters. The van der Waals surface area contributed by atoms with Crippen molar-refractivity contribution in [2.75, 3.05) is 0 Å². The van der Waals surface area contributed by atoms with Crippen LogP contribution in [0.5, 0.6) is 0 Å². The van der Waals surface area contributed by atoms with Crippen LogP contribution in [-0.4, -0.2) is 20.6 Å². The van der Waals surface area contributed by atoms with Crippen LogP contribution in [0, 0.1) is 0 Å². The standard InChI is InChI=1S/C5H7N3O2/c1-7-4(3-9)6-8(2)5(7)10/h3H,1-2H3. The Hall–Kier alpha value is -1.39. The minimum absolute atomic E-state index is 0.146. The second-order valence-electron chi connectivity index (χ2n) is 1.94. The van der Waals surface area contributed by atoms with Gasteiger partial charge in [-0.05, 0) is 0 Å². The maximum atomic E-state index is 10.9. The maximum Gasteiger partial charge on any atom is 0.345 e. The molecule has 0 aromatic carbocycles. The summed E-state index contributed by atoms with van der Waals surface area (Å²) in [6, 6.07) is 0. The molecule has 0 saturated heterocycles. The van der Waals surface area contributed by atoms with E-state index < -0.39 is 0 Å². The van der Waals surface area contributed by atoms with Crippen LogP contribution in [0.15, 0.2) is 4.79 Å². The number of carbonyl (C=O) groups excluding carboxylic acids is 1. The Bertz CT molecular complexity index is 309. The van der Waals surface area contributed by atoms with Crippen molar-refractivity contribution in [3.63, 3.8) is 0 Å². The van der Waals surface area contributed by atoms with Crippen LogP contribution in [0.1, 0.15) is 10.6 Å². The van der Waals surface area contributed by atoms with Crippen molar-refractivity contribution in [1.82, 2.24) is 14.3 Å². The molecular weight excluding hydrogens is 134 g/mol. The fourth-order valence-corrected chi connectivity index (χ4v) is 0.681. The van der Waals surface area contributed by atoms with Gasteiger partial charge in [0.1, 0.15) is 0 Å². The highest BCUT2D eigenvalue weighted by atomic mass is 16.2. The fourth-order valence-electron chi connectivity index (χ4n) is 0.681. The summed E-state index contributed by atoms with van der Waals surface area (Å²) < 4.78 is 2.30. The molecule has 0 spiro atoms. The Labute approximate surface area is 56.9 Å². The van der Waals surface area contributed by atoms with E-state index >= 15 is 0 Å². The van der Waals surface area contributed by atoms with Crippen LogP contribution in [-0.2, 0) is 14.1 Å². The molecule has 0 unspecified atom stereocenters. The van der Waals surface area contributed by atoms with Crippen molar-refractivity contribution in [1.29, 1.82) is 0 Å². The fraction of sp³-hybridized carbons (Fsp3) is 0.400. The highest BCUT2D eigenvalue weighted by Crippen LogP contribution is 1.80. The molecule has 5 nitrogen and oxygen atoms in total. The number of rotatable bonds is 1. The first-order chi connectivity index (χ1) is 4.66. The van der Waals surface area contributed by atoms with Gasteiger partial charge in [-0.3, -0.25) is 9.36 Å². The quantitative estimate of drug-likeness (QED) is 0.468. The minimum Gasteiger partial charge on any atom is -0.294 e. The second-order valence-corrected chi connectivity index (χ2v) is 1.94. The van der Waals surface area contributed by atoms with Crippen LogP contribution >= 0.6 is 0 Å². The van der Waals surface area contributed by atoms with Gasteiger partial charge in [0.15, 0.2) is 12.1 Å². The summed E-state index contributed by atoms with van der Waals surface area (Å²) in [6.07, 6.45) is 0.543. The van der Waals surface area contributed by atoms with Crippen molar-refractivity contribution < 1.29 is 4.79 Å². The van der Waals surface area contributed by atoms with Crippen molar-refractivity contribution in [3.05, 3.63) is 16.3 Å². The normalized spacial score (nSPS) is 9.80. The SMILES string of the molecule is Cn1nc(C=O)n(C)c1=O. The molecule has 0 N–H and O–H groups in total. The maximum absolute atomic E-state index is 10.9. The second kappa shape index (κ2) is 2.09. The lowest BCUT2D eigenvalue weighted by molar-refractivity contribution is 0.111. The van der Waals surface area contributed by atoms with E-state index in [2.05, 4.69) is 5.10 Å². The lowest BCUT2D eigenvalue weighted by atomic mass is 10.7. The predicted octanol–water partition coefficient (Wildman–Crippen LogP) is -1.07. The summed E-state index contributed by atoms with van der Waals surface area (Å²) in [6.45, 7) is 0. The van der Waals surface area contributed by atoms with Crippen LogP contribution < -0.4 is 5.69 Å². The van der Waals surface area contributed by atoms with Crippen LogP contribution in [0.3, 0.4) is 0 Å². The molecule has 0 aliphatic rings. The number of hydrogen-bond acceptors (Lipinski definition) is 3. The third-order valence-corrected chi connectivity index (χ3v) is 1.27. The van der Waals surface area contributed by atoms with E-state index in [1.165, 1.54) is 18.7 Å². The number of aldehydes is 1. The summed E-state index contributed by atoms with van der Waals surface area (Å²) in [5.41, 5.74) is -0.290. The van der Waals surface area contributed by atoms with Gasteiger partial charge in [0.2, 0.25) is 0 Å². The van der Waals surface area contributed by atoms with E-state index in [1.54, 1.807) is 0 Å². The van der Waals surface area contributed by atoms with Crippen LogP contribution in [0.2, 0.25) is 0 Å². The Morgan fingerprint density at radius 3 is 2.30 bits per heavy atom. The average molecular weight is 141 g/mol. The molecule has 0 bridgehead atoms. The zero-order chi connectivity index (χ0) is 7.72. The van der Waals surface area contributed by atoms with Gasteiger partial charge in [0.05, 0.1) is 0 Å². The third-order valence-electron chi connectivity index (χ3n) is 1.27. The molecule has 1 aromatic rings. The Kier molecular flexibility index (Phi) is 1.41. The lowest BCUT2D eigenvalue weighted by Gasteiger charge is -1.83. The largest absolute Gasteiger partial charge is 0.345 e. The van der Waals surface area contributed by atoms with Crippen molar-refractivity contribution >= 4 is 6.29 Å². The van der Waals surface area contributed by atoms with E-state index in [4.69, 9.17) is 0 Å². The van der Waals surface area contributed by atoms with Crippen molar-refractivity contribution in [2.24, 2.45) is 14.1 Å². The molecule has 1 aromatic heterocycles. The van der Waals surface area contributed by atoms with E-state index in [9.17, 15) is 9.59 Å². The third kappa shape index (κ3) is 0.754. The summed E-state index contributed by atoms with van der Waals surface area (Å²) in [5.74, 6) is 0.146. The topological polar surface area (TPSA) is 56.9 Å². The summed E-state index contributed by atoms with van der Waals surface area (Å²) >= 11 is 0. The highest BCUT2D eigenvalue weighted by Gasteiger charge is 2.03. The molecule has 10 heavy (non-hydrogen) atoms. The first-order valence-electron chi connectivity index (χ1n) is 2.72. The first-order valence-corrected chi connectivity index (χ1v) is 2.72. The zero-order valence-electron chi connectivity index (χ0n) is 5.74. The zero-order valence-corrected chi connectivity index (χ0v) is 5.74. The molecule has 0 fully saturated rings. The molecule has 0 radical (unpaired) electrons. The molecule has 0 aliphatic carbocycles. The van der Waals surface area contributed by atoms with Gasteiger partial charge in [-0.2, -0.15) is 0 Å². The number of hydrogen-bond donors (Lipinski definition) is 0. The minimum atomic E-state index is -0.290. The number of nitrogens with zero attached hydrogens (tertiary/aromatic N) is 3. The average Bonchev–Trinajstić information content (AvgIpc) is 2.17. The molecule has 5 heteroatoms. The van der Waals surface area contributed by atoms with Gasteiger partial charge >= 0.3 is 5.69 Å². The Morgan fingerprint density at radius 1 is 1.50 bits per heavy atom. The number of carbonyl (C=O) groups is 1. The van der Waals surface area contributed by atoms with Gasteiger partial charge in [-0.1, -0.05) is 0 Å². The van der Waals surface area contributed by atoms with Crippen molar-refractivity contribution in [2.45, 2.75) is 0 Å². The van der Waals surface area contributed by atoms with Gasteiger partial charge in [-0.25, -0.2) is 9.48 Å². The summed E-state index contributed by atoms with van der Waals surface area (Å²) in [4.78, 5) is 21.0. The molecular formula is C5H7N3O2. The molecule has 1 rings (SSSR count). The van der Waals surface area contributed by atoms with Gasteiger partial charge < -0.3 is 0 Å². The highest BCUT2D eigenvalue weighted by molar-refractivity contribution is 5.68. The van der Waals surface area contributed by atoms with Crippen LogP contribution in [0.4, 0.5) is 0 Å². The molecule has 0 amide bonds. The van der Waals surface area contributed by atoms with E-state index in [1.807, 2.05) is 0 Å². The summed E-state index contributed by atoms with van der Waals surface area (Å²) in [5, 5.41) is 3.63. The smallest absolute Gasteiger partial charge is 0.294 e. The monoisotopic (exact) mass is 141 g/mol. The molecule has 54 valence electrons. The summed E-state index contributed by atoms with van der Waals surface area (Å²) in [7, 11) is 2.99.